The fraction of sp³-hybridized carbons (Fsp3) is 0.562. The molecule has 0 aromatic heterocycles. The number of halogens is 1. The van der Waals surface area contributed by atoms with Crippen LogP contribution in [-0.2, 0) is 4.79 Å². The van der Waals surface area contributed by atoms with Gasteiger partial charge in [0.2, 0.25) is 0 Å². The number of ether oxygens (including phenoxy) is 1. The van der Waals surface area contributed by atoms with Gasteiger partial charge in [-0.2, -0.15) is 0 Å². The highest BCUT2D eigenvalue weighted by molar-refractivity contribution is 5.85. The number of carbonyl (C=O) groups is 1. The molecule has 1 aromatic carbocycles. The van der Waals surface area contributed by atoms with Crippen molar-refractivity contribution in [1.29, 1.82) is 0 Å². The van der Waals surface area contributed by atoms with Gasteiger partial charge in [-0.3, -0.25) is 4.79 Å². The molecular formula is C16H27ClN2O2. The first-order valence-electron chi connectivity index (χ1n) is 6.89. The second kappa shape index (κ2) is 8.25. The monoisotopic (exact) mass is 314 g/mol. The van der Waals surface area contributed by atoms with E-state index < -0.39 is 0 Å². The van der Waals surface area contributed by atoms with E-state index in [1.165, 1.54) is 5.56 Å². The topological polar surface area (TPSA) is 55.6 Å². The van der Waals surface area contributed by atoms with Crippen molar-refractivity contribution in [2.24, 2.45) is 11.1 Å². The maximum absolute atomic E-state index is 12.0. The fourth-order valence-corrected chi connectivity index (χ4v) is 2.01. The Kier molecular flexibility index (Phi) is 7.75. The Morgan fingerprint density at radius 3 is 2.48 bits per heavy atom. The summed E-state index contributed by atoms with van der Waals surface area (Å²) in [6.07, 6.45) is 0. The van der Waals surface area contributed by atoms with Crippen LogP contribution in [0.2, 0.25) is 0 Å². The van der Waals surface area contributed by atoms with Crippen LogP contribution in [-0.4, -0.2) is 37.6 Å². The average Bonchev–Trinajstić information content (AvgIpc) is 2.36. The molecule has 1 rings (SSSR count). The first kappa shape index (κ1) is 19.7. The van der Waals surface area contributed by atoms with E-state index in [1.54, 1.807) is 11.9 Å². The molecule has 1 aromatic rings. The molecule has 0 aliphatic heterocycles. The zero-order valence-corrected chi connectivity index (χ0v) is 14.4. The van der Waals surface area contributed by atoms with Gasteiger partial charge in [0.05, 0.1) is 0 Å². The molecule has 0 heterocycles. The molecule has 0 aliphatic carbocycles. The minimum atomic E-state index is -0.0792. The normalized spacial score (nSPS) is 10.8. The number of amides is 1. The van der Waals surface area contributed by atoms with Gasteiger partial charge in [-0.25, -0.2) is 0 Å². The Hall–Kier alpha value is -1.26. The highest BCUT2D eigenvalue weighted by Crippen LogP contribution is 2.19. The van der Waals surface area contributed by atoms with Crippen molar-refractivity contribution in [3.63, 3.8) is 0 Å². The van der Waals surface area contributed by atoms with E-state index in [0.717, 1.165) is 11.3 Å². The summed E-state index contributed by atoms with van der Waals surface area (Å²) in [6, 6.07) is 5.93. The lowest BCUT2D eigenvalue weighted by molar-refractivity contribution is -0.133. The number of benzene rings is 1. The second-order valence-corrected chi connectivity index (χ2v) is 6.18. The lowest BCUT2D eigenvalue weighted by atomic mass is 9.93. The smallest absolute Gasteiger partial charge is 0.260 e. The van der Waals surface area contributed by atoms with Crippen molar-refractivity contribution in [2.75, 3.05) is 26.7 Å². The molecule has 4 nitrogen and oxygen atoms in total. The third kappa shape index (κ3) is 6.36. The number of aryl methyl sites for hydroxylation is 2. The van der Waals surface area contributed by atoms with E-state index >= 15 is 0 Å². The van der Waals surface area contributed by atoms with Crippen LogP contribution in [0.15, 0.2) is 18.2 Å². The molecule has 5 heteroatoms. The quantitative estimate of drug-likeness (QED) is 0.878. The number of carbonyl (C=O) groups excluding carboxylic acids is 1. The van der Waals surface area contributed by atoms with Crippen LogP contribution in [0.25, 0.3) is 0 Å². The van der Waals surface area contributed by atoms with Crippen molar-refractivity contribution in [3.8, 4) is 5.75 Å². The van der Waals surface area contributed by atoms with Crippen molar-refractivity contribution >= 4 is 18.3 Å². The largest absolute Gasteiger partial charge is 0.484 e. The summed E-state index contributed by atoms with van der Waals surface area (Å²) in [4.78, 5) is 13.7. The van der Waals surface area contributed by atoms with Gasteiger partial charge in [0.25, 0.3) is 5.91 Å². The van der Waals surface area contributed by atoms with Crippen molar-refractivity contribution in [2.45, 2.75) is 27.7 Å². The molecule has 0 saturated heterocycles. The van der Waals surface area contributed by atoms with Gasteiger partial charge in [0.1, 0.15) is 5.75 Å². The molecule has 0 unspecified atom stereocenters. The van der Waals surface area contributed by atoms with Crippen LogP contribution in [0, 0.1) is 19.3 Å². The Labute approximate surface area is 134 Å². The van der Waals surface area contributed by atoms with Crippen LogP contribution in [0.4, 0.5) is 0 Å². The molecule has 0 aliphatic rings. The summed E-state index contributed by atoms with van der Waals surface area (Å²) in [7, 11) is 1.78. The molecular weight excluding hydrogens is 288 g/mol. The number of hydrogen-bond acceptors (Lipinski definition) is 3. The highest BCUT2D eigenvalue weighted by Gasteiger charge is 2.21. The predicted molar refractivity (Wildman–Crippen MR) is 89.1 cm³/mol. The van der Waals surface area contributed by atoms with Crippen LogP contribution in [0.3, 0.4) is 0 Å². The van der Waals surface area contributed by atoms with Gasteiger partial charge in [-0.15, -0.1) is 12.4 Å². The van der Waals surface area contributed by atoms with Crippen LogP contribution >= 0.6 is 12.4 Å². The van der Waals surface area contributed by atoms with Gasteiger partial charge in [0, 0.05) is 13.6 Å². The lowest BCUT2D eigenvalue weighted by Crippen LogP contribution is -2.41. The molecule has 0 saturated carbocycles. The third-order valence-electron chi connectivity index (χ3n) is 3.33. The first-order valence-corrected chi connectivity index (χ1v) is 6.89. The van der Waals surface area contributed by atoms with Crippen molar-refractivity contribution in [1.82, 2.24) is 4.90 Å². The lowest BCUT2D eigenvalue weighted by Gasteiger charge is -2.29. The Morgan fingerprint density at radius 2 is 1.95 bits per heavy atom. The molecule has 1 amide bonds. The summed E-state index contributed by atoms with van der Waals surface area (Å²) in [5.41, 5.74) is 7.83. The Bertz CT molecular complexity index is 475. The number of likely N-dealkylation sites (N-methyl/N-ethyl adjacent to an activating group) is 1. The zero-order chi connectivity index (χ0) is 15.3. The van der Waals surface area contributed by atoms with E-state index in [-0.39, 0.29) is 30.3 Å². The third-order valence-corrected chi connectivity index (χ3v) is 3.33. The average molecular weight is 315 g/mol. The molecule has 2 N–H and O–H groups in total. The molecule has 0 fully saturated rings. The van der Waals surface area contributed by atoms with Crippen molar-refractivity contribution in [3.05, 3.63) is 29.3 Å². The maximum Gasteiger partial charge on any atom is 0.260 e. The fourth-order valence-electron chi connectivity index (χ4n) is 2.01. The zero-order valence-electron chi connectivity index (χ0n) is 13.6. The van der Waals surface area contributed by atoms with E-state index in [0.29, 0.717) is 13.1 Å². The maximum atomic E-state index is 12.0. The standard InChI is InChI=1S/C16H26N2O2.ClH/c1-12-6-7-14(13(2)8-12)20-9-15(19)18(5)11-16(3,4)10-17;/h6-8H,9-11,17H2,1-5H3;1H. The molecule has 0 radical (unpaired) electrons. The number of nitrogens with zero attached hydrogens (tertiary/aromatic N) is 1. The number of nitrogens with two attached hydrogens (primary N) is 1. The first-order chi connectivity index (χ1) is 9.25. The number of hydrogen-bond donors (Lipinski definition) is 1. The minimum absolute atomic E-state index is 0. The van der Waals surface area contributed by atoms with E-state index in [9.17, 15) is 4.79 Å². The minimum Gasteiger partial charge on any atom is -0.484 e. The van der Waals surface area contributed by atoms with E-state index in [1.807, 2.05) is 45.9 Å². The highest BCUT2D eigenvalue weighted by atomic mass is 35.5. The molecule has 21 heavy (non-hydrogen) atoms. The predicted octanol–water partition coefficient (Wildman–Crippen LogP) is 2.55. The van der Waals surface area contributed by atoms with Gasteiger partial charge in [-0.1, -0.05) is 31.5 Å². The van der Waals surface area contributed by atoms with Crippen LogP contribution in [0.1, 0.15) is 25.0 Å². The molecule has 0 atom stereocenters. The molecule has 0 spiro atoms. The van der Waals surface area contributed by atoms with Crippen LogP contribution < -0.4 is 10.5 Å². The Balaban J connectivity index is 0.00000400. The van der Waals surface area contributed by atoms with Crippen molar-refractivity contribution < 1.29 is 9.53 Å². The summed E-state index contributed by atoms with van der Waals surface area (Å²) in [5.74, 6) is 0.724. The number of rotatable bonds is 6. The summed E-state index contributed by atoms with van der Waals surface area (Å²) in [5, 5.41) is 0. The summed E-state index contributed by atoms with van der Waals surface area (Å²) in [6.45, 7) is 9.32. The SMILES string of the molecule is Cc1ccc(OCC(=O)N(C)CC(C)(C)CN)c(C)c1.Cl. The summed E-state index contributed by atoms with van der Waals surface area (Å²) >= 11 is 0. The van der Waals surface area contributed by atoms with Crippen LogP contribution in [0.5, 0.6) is 5.75 Å². The Morgan fingerprint density at radius 1 is 1.33 bits per heavy atom. The summed E-state index contributed by atoms with van der Waals surface area (Å²) < 4.78 is 5.60. The van der Waals surface area contributed by atoms with Gasteiger partial charge in [-0.05, 0) is 37.4 Å². The second-order valence-electron chi connectivity index (χ2n) is 6.18. The van der Waals surface area contributed by atoms with Gasteiger partial charge in [0.15, 0.2) is 6.61 Å². The van der Waals surface area contributed by atoms with E-state index in [4.69, 9.17) is 10.5 Å². The van der Waals surface area contributed by atoms with E-state index in [2.05, 4.69) is 0 Å². The molecule has 120 valence electrons. The van der Waals surface area contributed by atoms with Gasteiger partial charge >= 0.3 is 0 Å². The molecule has 0 bridgehead atoms. The van der Waals surface area contributed by atoms with Gasteiger partial charge < -0.3 is 15.4 Å².